The highest BCUT2D eigenvalue weighted by Gasteiger charge is 1.95. The van der Waals surface area contributed by atoms with Gasteiger partial charge in [-0.1, -0.05) is 43.9 Å². The molecular weight excluding hydrogens is 168 g/mol. The minimum absolute atomic E-state index is 1.16. The third-order valence-corrected chi connectivity index (χ3v) is 2.52. The van der Waals surface area contributed by atoms with Gasteiger partial charge >= 0.3 is 0 Å². The van der Waals surface area contributed by atoms with Crippen LogP contribution in [0, 0.1) is 0 Å². The second-order valence-electron chi connectivity index (χ2n) is 4.37. The zero-order valence-electron chi connectivity index (χ0n) is 10.1. The average molecular weight is 194 g/mol. The summed E-state index contributed by atoms with van der Waals surface area (Å²) in [6, 6.07) is 0. The third-order valence-electron chi connectivity index (χ3n) is 2.52. The summed E-state index contributed by atoms with van der Waals surface area (Å²) in [5.41, 5.74) is 2.73. The molecule has 0 nitrogen and oxygen atoms in total. The fourth-order valence-electron chi connectivity index (χ4n) is 1.57. The van der Waals surface area contributed by atoms with Gasteiger partial charge in [-0.2, -0.15) is 0 Å². The lowest BCUT2D eigenvalue weighted by molar-refractivity contribution is 0.648. The van der Waals surface area contributed by atoms with Crippen molar-refractivity contribution in [2.75, 3.05) is 0 Å². The van der Waals surface area contributed by atoms with Crippen LogP contribution in [0.1, 0.15) is 65.2 Å². The van der Waals surface area contributed by atoms with Crippen molar-refractivity contribution in [3.63, 3.8) is 0 Å². The minimum Gasteiger partial charge on any atom is -0.100 e. The Balaban J connectivity index is 3.24. The van der Waals surface area contributed by atoms with Crippen molar-refractivity contribution >= 4 is 0 Å². The smallest absolute Gasteiger partial charge is 0.0320 e. The molecule has 0 saturated carbocycles. The predicted molar refractivity (Wildman–Crippen MR) is 66.6 cm³/mol. The molecule has 0 rings (SSSR count). The summed E-state index contributed by atoms with van der Waals surface area (Å²) >= 11 is 0. The molecule has 0 amide bonds. The molecule has 0 bridgehead atoms. The summed E-state index contributed by atoms with van der Waals surface area (Å²) in [5, 5.41) is 0. The van der Waals surface area contributed by atoms with E-state index >= 15 is 0 Å². The van der Waals surface area contributed by atoms with Crippen LogP contribution in [0.3, 0.4) is 0 Å². The second-order valence-corrected chi connectivity index (χ2v) is 4.37. The van der Waals surface area contributed by atoms with Gasteiger partial charge in [-0.25, -0.2) is 0 Å². The summed E-state index contributed by atoms with van der Waals surface area (Å²) < 4.78 is 0. The summed E-state index contributed by atoms with van der Waals surface area (Å²) in [6.45, 7) is 12.4. The number of hydrogen-bond donors (Lipinski definition) is 0. The van der Waals surface area contributed by atoms with Gasteiger partial charge in [-0.3, -0.25) is 0 Å². The highest BCUT2D eigenvalue weighted by molar-refractivity contribution is 4.96. The van der Waals surface area contributed by atoms with E-state index in [1.807, 2.05) is 0 Å². The van der Waals surface area contributed by atoms with Gasteiger partial charge in [0, 0.05) is 0 Å². The van der Waals surface area contributed by atoms with E-state index < -0.39 is 0 Å². The Morgan fingerprint density at radius 3 is 2.07 bits per heavy atom. The lowest BCUT2D eigenvalue weighted by Gasteiger charge is -2.05. The van der Waals surface area contributed by atoms with Crippen LogP contribution in [0.2, 0.25) is 0 Å². The summed E-state index contributed by atoms with van der Waals surface area (Å²) in [6.07, 6.45) is 10.2. The van der Waals surface area contributed by atoms with E-state index in [1.165, 1.54) is 56.1 Å². The van der Waals surface area contributed by atoms with Crippen LogP contribution in [-0.2, 0) is 0 Å². The van der Waals surface area contributed by atoms with E-state index in [0.717, 1.165) is 6.42 Å². The number of unbranched alkanes of at least 4 members (excludes halogenated alkanes) is 3. The van der Waals surface area contributed by atoms with Crippen LogP contribution in [0.4, 0.5) is 0 Å². The van der Waals surface area contributed by atoms with Crippen molar-refractivity contribution in [1.29, 1.82) is 0 Å². The molecule has 82 valence electrons. The summed E-state index contributed by atoms with van der Waals surface area (Å²) in [7, 11) is 0. The van der Waals surface area contributed by atoms with E-state index in [4.69, 9.17) is 0 Å². The zero-order valence-corrected chi connectivity index (χ0v) is 10.1. The van der Waals surface area contributed by atoms with Gasteiger partial charge in [-0.15, -0.1) is 6.58 Å². The molecular formula is C14H26. The number of hydrogen-bond acceptors (Lipinski definition) is 0. The molecule has 0 heterocycles. The van der Waals surface area contributed by atoms with Gasteiger partial charge in [0.25, 0.3) is 0 Å². The molecule has 0 spiro atoms. The van der Waals surface area contributed by atoms with Gasteiger partial charge in [0.1, 0.15) is 0 Å². The van der Waals surface area contributed by atoms with Crippen molar-refractivity contribution in [2.45, 2.75) is 65.2 Å². The summed E-state index contributed by atoms with van der Waals surface area (Å²) in [5.74, 6) is 0. The van der Waals surface area contributed by atoms with Gasteiger partial charge in [0.05, 0.1) is 0 Å². The molecule has 0 aromatic rings. The fourth-order valence-corrected chi connectivity index (χ4v) is 1.57. The molecule has 0 aromatic carbocycles. The van der Waals surface area contributed by atoms with Crippen molar-refractivity contribution < 1.29 is 0 Å². The second kappa shape index (κ2) is 9.05. The molecule has 0 saturated heterocycles. The van der Waals surface area contributed by atoms with Crippen molar-refractivity contribution in [1.82, 2.24) is 0 Å². The quantitative estimate of drug-likeness (QED) is 0.347. The SMILES string of the molecule is C=C(C)CCCC(=C)CCCCCC. The third kappa shape index (κ3) is 9.57. The Morgan fingerprint density at radius 2 is 1.50 bits per heavy atom. The minimum atomic E-state index is 1.16. The Kier molecular flexibility index (Phi) is 8.72. The molecule has 0 unspecified atom stereocenters. The van der Waals surface area contributed by atoms with Crippen LogP contribution in [-0.4, -0.2) is 0 Å². The Labute approximate surface area is 90.1 Å². The maximum atomic E-state index is 4.12. The Hall–Kier alpha value is -0.520. The highest BCUT2D eigenvalue weighted by atomic mass is 14.0. The summed E-state index contributed by atoms with van der Waals surface area (Å²) in [4.78, 5) is 0. The largest absolute Gasteiger partial charge is 0.100 e. The lowest BCUT2D eigenvalue weighted by Crippen LogP contribution is -1.85. The highest BCUT2D eigenvalue weighted by Crippen LogP contribution is 2.15. The van der Waals surface area contributed by atoms with Crippen LogP contribution in [0.25, 0.3) is 0 Å². The average Bonchev–Trinajstić information content (AvgIpc) is 2.12. The van der Waals surface area contributed by atoms with E-state index in [-0.39, 0.29) is 0 Å². The van der Waals surface area contributed by atoms with E-state index in [1.54, 1.807) is 0 Å². The fraction of sp³-hybridized carbons (Fsp3) is 0.714. The monoisotopic (exact) mass is 194 g/mol. The van der Waals surface area contributed by atoms with Crippen molar-refractivity contribution in [3.8, 4) is 0 Å². The van der Waals surface area contributed by atoms with E-state index in [9.17, 15) is 0 Å². The van der Waals surface area contributed by atoms with Gasteiger partial charge in [0.15, 0.2) is 0 Å². The molecule has 0 atom stereocenters. The maximum absolute atomic E-state index is 4.12. The van der Waals surface area contributed by atoms with Gasteiger partial charge in [-0.05, 0) is 39.0 Å². The Morgan fingerprint density at radius 1 is 0.857 bits per heavy atom. The maximum Gasteiger partial charge on any atom is -0.0320 e. The number of allylic oxidation sites excluding steroid dienone is 2. The van der Waals surface area contributed by atoms with E-state index in [2.05, 4.69) is 27.0 Å². The first-order valence-electron chi connectivity index (χ1n) is 5.97. The van der Waals surface area contributed by atoms with Gasteiger partial charge < -0.3 is 0 Å². The van der Waals surface area contributed by atoms with Crippen LogP contribution < -0.4 is 0 Å². The van der Waals surface area contributed by atoms with Crippen molar-refractivity contribution in [2.24, 2.45) is 0 Å². The lowest BCUT2D eigenvalue weighted by atomic mass is 10.0. The molecule has 0 aliphatic carbocycles. The normalized spacial score (nSPS) is 10.1. The van der Waals surface area contributed by atoms with Crippen LogP contribution in [0.5, 0.6) is 0 Å². The first kappa shape index (κ1) is 13.5. The molecule has 0 aromatic heterocycles. The van der Waals surface area contributed by atoms with Crippen molar-refractivity contribution in [3.05, 3.63) is 24.3 Å². The molecule has 0 heteroatoms. The first-order chi connectivity index (χ1) is 6.66. The van der Waals surface area contributed by atoms with E-state index in [0.29, 0.717) is 0 Å². The van der Waals surface area contributed by atoms with Crippen LogP contribution in [0.15, 0.2) is 24.3 Å². The molecule has 0 fully saturated rings. The van der Waals surface area contributed by atoms with Gasteiger partial charge in [0.2, 0.25) is 0 Å². The number of rotatable bonds is 9. The molecule has 0 radical (unpaired) electrons. The molecule has 0 N–H and O–H groups in total. The topological polar surface area (TPSA) is 0 Å². The Bertz CT molecular complexity index is 165. The zero-order chi connectivity index (χ0) is 10.8. The molecule has 0 aliphatic heterocycles. The first-order valence-corrected chi connectivity index (χ1v) is 5.97. The predicted octanol–water partition coefficient (Wildman–Crippen LogP) is 5.26. The van der Waals surface area contributed by atoms with Crippen LogP contribution >= 0.6 is 0 Å². The standard InChI is InChI=1S/C14H26/c1-5-6-7-8-11-14(4)12-9-10-13(2)3/h2,4-12H2,1,3H3. The molecule has 0 aliphatic rings. The molecule has 14 heavy (non-hydrogen) atoms.